The molecule has 0 aromatic carbocycles. The minimum Gasteiger partial charge on any atom is -0.469 e. The summed E-state index contributed by atoms with van der Waals surface area (Å²) in [5.74, 6) is -0.947. The summed E-state index contributed by atoms with van der Waals surface area (Å²) in [6, 6.07) is 2.01. The van der Waals surface area contributed by atoms with E-state index < -0.39 is 0 Å². The summed E-state index contributed by atoms with van der Waals surface area (Å²) in [6.45, 7) is 1.88. The number of carbonyl (C=O) groups excluding carboxylic acids is 2. The second kappa shape index (κ2) is 8.57. The molecule has 0 saturated heterocycles. The zero-order valence-electron chi connectivity index (χ0n) is 10.6. The maximum absolute atomic E-state index is 11.5. The second-order valence-corrected chi connectivity index (χ2v) is 3.92. The number of esters is 2. The van der Waals surface area contributed by atoms with Gasteiger partial charge < -0.3 is 9.47 Å². The zero-order chi connectivity index (χ0) is 13.3. The number of methoxy groups -OCH3 is 2. The van der Waals surface area contributed by atoms with Gasteiger partial charge in [-0.25, -0.2) is 0 Å². The van der Waals surface area contributed by atoms with Gasteiger partial charge in [0.2, 0.25) is 0 Å². The predicted molar refractivity (Wildman–Crippen MR) is 60.8 cm³/mol. The molecule has 0 bridgehead atoms. The molecule has 0 N–H and O–H groups in total. The molecule has 0 aromatic rings. The molecule has 0 heterocycles. The average Bonchev–Trinajstić information content (AvgIpc) is 2.35. The highest BCUT2D eigenvalue weighted by Crippen LogP contribution is 2.23. The van der Waals surface area contributed by atoms with Gasteiger partial charge in [0.15, 0.2) is 0 Å². The summed E-state index contributed by atoms with van der Waals surface area (Å²) in [6.07, 6.45) is 1.60. The molecule has 0 radical (unpaired) electrons. The Bertz CT molecular complexity index is 295. The Balaban J connectivity index is 4.32. The first-order valence-corrected chi connectivity index (χ1v) is 5.58. The van der Waals surface area contributed by atoms with Crippen molar-refractivity contribution in [3.8, 4) is 6.07 Å². The lowest BCUT2D eigenvalue weighted by Crippen LogP contribution is -2.24. The molecule has 2 atom stereocenters. The van der Waals surface area contributed by atoms with Crippen LogP contribution in [0.2, 0.25) is 0 Å². The highest BCUT2D eigenvalue weighted by molar-refractivity contribution is 5.73. The van der Waals surface area contributed by atoms with Crippen LogP contribution in [-0.2, 0) is 19.1 Å². The molecule has 5 heteroatoms. The van der Waals surface area contributed by atoms with Crippen molar-refractivity contribution in [2.24, 2.45) is 11.8 Å². The van der Waals surface area contributed by atoms with Crippen molar-refractivity contribution in [1.82, 2.24) is 0 Å². The highest BCUT2D eigenvalue weighted by atomic mass is 16.5. The number of hydrogen-bond donors (Lipinski definition) is 0. The number of ether oxygens (including phenoxy) is 2. The van der Waals surface area contributed by atoms with Crippen molar-refractivity contribution in [3.05, 3.63) is 0 Å². The smallest absolute Gasteiger partial charge is 0.308 e. The van der Waals surface area contributed by atoms with Crippen molar-refractivity contribution >= 4 is 11.9 Å². The first-order chi connectivity index (χ1) is 8.06. The number of carbonyl (C=O) groups is 2. The lowest BCUT2D eigenvalue weighted by molar-refractivity contribution is -0.148. The number of nitrogens with zero attached hydrogens (tertiary/aromatic N) is 1. The van der Waals surface area contributed by atoms with Gasteiger partial charge in [0.1, 0.15) is 0 Å². The summed E-state index contributed by atoms with van der Waals surface area (Å²) < 4.78 is 9.24. The Labute approximate surface area is 102 Å². The molecular weight excluding hydrogens is 222 g/mol. The topological polar surface area (TPSA) is 76.4 Å². The molecule has 0 rings (SSSR count). The maximum atomic E-state index is 11.5. The maximum Gasteiger partial charge on any atom is 0.308 e. The zero-order valence-corrected chi connectivity index (χ0v) is 10.6. The van der Waals surface area contributed by atoms with Crippen molar-refractivity contribution in [3.63, 3.8) is 0 Å². The fourth-order valence-electron chi connectivity index (χ4n) is 1.65. The molecule has 96 valence electrons. The third-order valence-corrected chi connectivity index (χ3v) is 2.79. The Morgan fingerprint density at radius 2 is 1.88 bits per heavy atom. The van der Waals surface area contributed by atoms with E-state index in [1.807, 2.05) is 13.0 Å². The van der Waals surface area contributed by atoms with E-state index in [-0.39, 0.29) is 30.2 Å². The molecule has 0 spiro atoms. The Hall–Kier alpha value is -1.57. The SMILES string of the molecule is COC(=O)CCC(C)C(CCC#N)C(=O)OC. The van der Waals surface area contributed by atoms with Crippen LogP contribution in [0.3, 0.4) is 0 Å². The summed E-state index contributed by atoms with van der Waals surface area (Å²) in [4.78, 5) is 22.5. The van der Waals surface area contributed by atoms with Gasteiger partial charge in [0.05, 0.1) is 26.2 Å². The van der Waals surface area contributed by atoms with Gasteiger partial charge in [-0.15, -0.1) is 0 Å². The number of nitriles is 1. The summed E-state index contributed by atoms with van der Waals surface area (Å²) >= 11 is 0. The molecular formula is C12H19NO4. The molecule has 0 amide bonds. The van der Waals surface area contributed by atoms with Crippen molar-refractivity contribution < 1.29 is 19.1 Å². The van der Waals surface area contributed by atoms with Crippen LogP contribution >= 0.6 is 0 Å². The van der Waals surface area contributed by atoms with E-state index in [1.54, 1.807) is 0 Å². The number of rotatable bonds is 7. The van der Waals surface area contributed by atoms with Crippen molar-refractivity contribution in [1.29, 1.82) is 5.26 Å². The highest BCUT2D eigenvalue weighted by Gasteiger charge is 2.25. The van der Waals surface area contributed by atoms with Crippen LogP contribution in [0.15, 0.2) is 0 Å². The van der Waals surface area contributed by atoms with Crippen LogP contribution in [0.5, 0.6) is 0 Å². The van der Waals surface area contributed by atoms with Crippen molar-refractivity contribution in [2.45, 2.75) is 32.6 Å². The van der Waals surface area contributed by atoms with Crippen LogP contribution in [0, 0.1) is 23.2 Å². The van der Waals surface area contributed by atoms with E-state index in [9.17, 15) is 9.59 Å². The molecule has 0 saturated carbocycles. The Morgan fingerprint density at radius 3 is 2.35 bits per heavy atom. The summed E-state index contributed by atoms with van der Waals surface area (Å²) in [7, 11) is 2.66. The van der Waals surface area contributed by atoms with Crippen LogP contribution < -0.4 is 0 Å². The first-order valence-electron chi connectivity index (χ1n) is 5.58. The van der Waals surface area contributed by atoms with E-state index in [4.69, 9.17) is 10.00 Å². The molecule has 17 heavy (non-hydrogen) atoms. The van der Waals surface area contributed by atoms with E-state index in [0.717, 1.165) is 0 Å². The molecule has 5 nitrogen and oxygen atoms in total. The van der Waals surface area contributed by atoms with Crippen LogP contribution in [0.25, 0.3) is 0 Å². The normalized spacial score (nSPS) is 13.3. The van der Waals surface area contributed by atoms with Gasteiger partial charge in [0.25, 0.3) is 0 Å². The van der Waals surface area contributed by atoms with Gasteiger partial charge in [-0.05, 0) is 18.8 Å². The van der Waals surface area contributed by atoms with Gasteiger partial charge in [-0.2, -0.15) is 5.26 Å². The Kier molecular flexibility index (Phi) is 7.78. The molecule has 0 aliphatic heterocycles. The fraction of sp³-hybridized carbons (Fsp3) is 0.750. The fourth-order valence-corrected chi connectivity index (χ4v) is 1.65. The van der Waals surface area contributed by atoms with Crippen molar-refractivity contribution in [2.75, 3.05) is 14.2 Å². The van der Waals surface area contributed by atoms with Gasteiger partial charge in [-0.3, -0.25) is 9.59 Å². The summed E-state index contributed by atoms with van der Waals surface area (Å²) in [5, 5.41) is 8.53. The predicted octanol–water partition coefficient (Wildman–Crippen LogP) is 1.67. The molecule has 0 aromatic heterocycles. The van der Waals surface area contributed by atoms with Gasteiger partial charge in [-0.1, -0.05) is 6.92 Å². The second-order valence-electron chi connectivity index (χ2n) is 3.92. The quantitative estimate of drug-likeness (QED) is 0.634. The molecule has 0 aliphatic carbocycles. The largest absolute Gasteiger partial charge is 0.469 e. The van der Waals surface area contributed by atoms with E-state index in [1.165, 1.54) is 14.2 Å². The van der Waals surface area contributed by atoms with E-state index in [0.29, 0.717) is 19.3 Å². The number of hydrogen-bond acceptors (Lipinski definition) is 5. The van der Waals surface area contributed by atoms with E-state index in [2.05, 4.69) is 4.74 Å². The molecule has 2 unspecified atom stereocenters. The van der Waals surface area contributed by atoms with Crippen LogP contribution in [0.1, 0.15) is 32.6 Å². The van der Waals surface area contributed by atoms with Gasteiger partial charge >= 0.3 is 11.9 Å². The first kappa shape index (κ1) is 15.4. The minimum atomic E-state index is -0.329. The Morgan fingerprint density at radius 1 is 1.24 bits per heavy atom. The minimum absolute atomic E-state index is 0.00472. The van der Waals surface area contributed by atoms with Crippen LogP contribution in [0.4, 0.5) is 0 Å². The average molecular weight is 241 g/mol. The molecule has 0 fully saturated rings. The van der Waals surface area contributed by atoms with Gasteiger partial charge in [0, 0.05) is 12.8 Å². The standard InChI is InChI=1S/C12H19NO4/c1-9(6-7-11(14)16-2)10(5-4-8-13)12(15)17-3/h9-10H,4-7H2,1-3H3. The third kappa shape index (κ3) is 5.91. The summed E-state index contributed by atoms with van der Waals surface area (Å²) in [5.41, 5.74) is 0. The monoisotopic (exact) mass is 241 g/mol. The lowest BCUT2D eigenvalue weighted by atomic mass is 9.86. The van der Waals surface area contributed by atoms with E-state index >= 15 is 0 Å². The van der Waals surface area contributed by atoms with Crippen LogP contribution in [-0.4, -0.2) is 26.2 Å². The third-order valence-electron chi connectivity index (χ3n) is 2.79. The molecule has 0 aliphatic rings. The lowest BCUT2D eigenvalue weighted by Gasteiger charge is -2.20.